The average molecular weight is 113 g/mol. The second-order valence-electron chi connectivity index (χ2n) is 1.64. The molecule has 46 valence electrons. The van der Waals surface area contributed by atoms with Crippen molar-refractivity contribution >= 4 is 0 Å². The summed E-state index contributed by atoms with van der Waals surface area (Å²) in [5.74, 6) is 5.00. The van der Waals surface area contributed by atoms with E-state index in [1.807, 2.05) is 13.0 Å². The Bertz CT molecular complexity index is 84.2. The van der Waals surface area contributed by atoms with Crippen LogP contribution in [0.4, 0.5) is 0 Å². The summed E-state index contributed by atoms with van der Waals surface area (Å²) in [6.45, 7) is 2.02. The second kappa shape index (κ2) is 4.57. The Morgan fingerprint density at radius 2 is 2.50 bits per heavy atom. The van der Waals surface area contributed by atoms with Crippen LogP contribution in [-0.4, -0.2) is 6.04 Å². The lowest BCUT2D eigenvalue weighted by molar-refractivity contribution is 0.579. The summed E-state index contributed by atoms with van der Waals surface area (Å²) in [4.78, 5) is 0. The van der Waals surface area contributed by atoms with E-state index in [-0.39, 0.29) is 6.04 Å². The topological polar surface area (TPSA) is 61.8 Å². The highest BCUT2D eigenvalue weighted by atomic mass is 15.2. The molecule has 0 saturated carbocycles. The summed E-state index contributed by atoms with van der Waals surface area (Å²) < 4.78 is 0. The van der Waals surface area contributed by atoms with Gasteiger partial charge in [-0.3, -0.25) is 5.84 Å². The molecule has 0 amide bonds. The summed E-state index contributed by atoms with van der Waals surface area (Å²) in [5, 5.41) is 8.26. The Hall–Kier alpha value is -0.590. The molecule has 0 bridgehead atoms. The molecule has 0 saturated heterocycles. The van der Waals surface area contributed by atoms with E-state index < -0.39 is 0 Å². The number of hydrazine groups is 1. The van der Waals surface area contributed by atoms with Gasteiger partial charge in [0.15, 0.2) is 0 Å². The fourth-order valence-corrected chi connectivity index (χ4v) is 0.474. The zero-order valence-corrected chi connectivity index (χ0v) is 5.02. The lowest BCUT2D eigenvalue weighted by Crippen LogP contribution is -2.33. The maximum absolute atomic E-state index is 8.26. The van der Waals surface area contributed by atoms with Gasteiger partial charge in [0, 0.05) is 0 Å². The predicted molar refractivity (Wildman–Crippen MR) is 31.6 cm³/mol. The zero-order chi connectivity index (χ0) is 6.41. The van der Waals surface area contributed by atoms with Crippen LogP contribution in [0.3, 0.4) is 0 Å². The van der Waals surface area contributed by atoms with E-state index in [0.717, 1.165) is 12.8 Å². The smallest absolute Gasteiger partial charge is 0.108 e. The highest BCUT2D eigenvalue weighted by Gasteiger charge is 1.98. The first-order chi connectivity index (χ1) is 3.85. The molecule has 0 aliphatic heterocycles. The van der Waals surface area contributed by atoms with Crippen LogP contribution in [0, 0.1) is 11.3 Å². The largest absolute Gasteiger partial charge is 0.270 e. The van der Waals surface area contributed by atoms with Crippen LogP contribution in [0.25, 0.3) is 0 Å². The number of nitriles is 1. The Balaban J connectivity index is 3.26. The van der Waals surface area contributed by atoms with Crippen molar-refractivity contribution in [3.63, 3.8) is 0 Å². The number of nitrogens with two attached hydrogens (primary N) is 1. The van der Waals surface area contributed by atoms with Crippen molar-refractivity contribution in [1.29, 1.82) is 5.26 Å². The molecule has 0 fully saturated rings. The SMILES string of the molecule is CCCC(C#N)NN. The number of hydrogen-bond acceptors (Lipinski definition) is 3. The minimum Gasteiger partial charge on any atom is -0.270 e. The molecule has 0 radical (unpaired) electrons. The first-order valence-electron chi connectivity index (χ1n) is 2.70. The summed E-state index contributed by atoms with van der Waals surface area (Å²) in [6.07, 6.45) is 1.81. The van der Waals surface area contributed by atoms with Gasteiger partial charge in [-0.05, 0) is 6.42 Å². The van der Waals surface area contributed by atoms with Gasteiger partial charge in [-0.15, -0.1) is 0 Å². The summed E-state index contributed by atoms with van der Waals surface area (Å²) in [7, 11) is 0. The molecule has 3 nitrogen and oxygen atoms in total. The van der Waals surface area contributed by atoms with Gasteiger partial charge < -0.3 is 0 Å². The lowest BCUT2D eigenvalue weighted by Gasteiger charge is -2.01. The van der Waals surface area contributed by atoms with E-state index in [4.69, 9.17) is 11.1 Å². The molecule has 3 heteroatoms. The Labute approximate surface area is 49.5 Å². The summed E-state index contributed by atoms with van der Waals surface area (Å²) >= 11 is 0. The molecule has 0 aromatic carbocycles. The molecule has 0 rings (SSSR count). The van der Waals surface area contributed by atoms with Gasteiger partial charge in [-0.1, -0.05) is 13.3 Å². The Kier molecular flexibility index (Phi) is 4.23. The predicted octanol–water partition coefficient (Wildman–Crippen LogP) is 0.142. The maximum Gasteiger partial charge on any atom is 0.108 e. The highest BCUT2D eigenvalue weighted by Crippen LogP contribution is 1.91. The molecular weight excluding hydrogens is 102 g/mol. The van der Waals surface area contributed by atoms with Crippen LogP contribution < -0.4 is 11.3 Å². The second-order valence-corrected chi connectivity index (χ2v) is 1.64. The van der Waals surface area contributed by atoms with E-state index in [1.165, 1.54) is 0 Å². The molecule has 8 heavy (non-hydrogen) atoms. The molecule has 1 atom stereocenters. The molecule has 0 aliphatic carbocycles. The van der Waals surface area contributed by atoms with Crippen molar-refractivity contribution in [1.82, 2.24) is 5.43 Å². The molecule has 0 spiro atoms. The monoisotopic (exact) mass is 113 g/mol. The third-order valence-electron chi connectivity index (χ3n) is 0.934. The third-order valence-corrected chi connectivity index (χ3v) is 0.934. The van der Waals surface area contributed by atoms with Crippen LogP contribution in [-0.2, 0) is 0 Å². The van der Waals surface area contributed by atoms with E-state index in [1.54, 1.807) is 0 Å². The lowest BCUT2D eigenvalue weighted by atomic mass is 10.2. The fourth-order valence-electron chi connectivity index (χ4n) is 0.474. The van der Waals surface area contributed by atoms with Crippen LogP contribution in [0.5, 0.6) is 0 Å². The van der Waals surface area contributed by atoms with Crippen molar-refractivity contribution in [2.24, 2.45) is 5.84 Å². The van der Waals surface area contributed by atoms with E-state index >= 15 is 0 Å². The van der Waals surface area contributed by atoms with Gasteiger partial charge in [-0.25, -0.2) is 5.43 Å². The highest BCUT2D eigenvalue weighted by molar-refractivity contribution is 4.86. The van der Waals surface area contributed by atoms with Crippen LogP contribution in [0.2, 0.25) is 0 Å². The van der Waals surface area contributed by atoms with Gasteiger partial charge in [0.2, 0.25) is 0 Å². The average Bonchev–Trinajstić information content (AvgIpc) is 1.83. The van der Waals surface area contributed by atoms with Crippen molar-refractivity contribution in [2.75, 3.05) is 0 Å². The number of nitrogens with one attached hydrogen (secondary N) is 1. The first-order valence-corrected chi connectivity index (χ1v) is 2.70. The van der Waals surface area contributed by atoms with E-state index in [0.29, 0.717) is 0 Å². The first kappa shape index (κ1) is 7.41. The third kappa shape index (κ3) is 2.56. The molecule has 0 aromatic heterocycles. The molecule has 1 unspecified atom stereocenters. The summed E-state index contributed by atoms with van der Waals surface area (Å²) in [6, 6.07) is 1.85. The van der Waals surface area contributed by atoms with Gasteiger partial charge in [-0.2, -0.15) is 5.26 Å². The minimum atomic E-state index is -0.167. The van der Waals surface area contributed by atoms with Crippen molar-refractivity contribution in [3.8, 4) is 6.07 Å². The van der Waals surface area contributed by atoms with Crippen LogP contribution in [0.1, 0.15) is 19.8 Å². The van der Waals surface area contributed by atoms with Crippen molar-refractivity contribution < 1.29 is 0 Å². The fraction of sp³-hybridized carbons (Fsp3) is 0.800. The zero-order valence-electron chi connectivity index (χ0n) is 5.02. The molecule has 0 aromatic rings. The van der Waals surface area contributed by atoms with Crippen LogP contribution >= 0.6 is 0 Å². The molecule has 0 heterocycles. The molecular formula is C5H11N3. The van der Waals surface area contributed by atoms with Gasteiger partial charge >= 0.3 is 0 Å². The standard InChI is InChI=1S/C5H11N3/c1-2-3-5(4-6)8-7/h5,8H,2-3,7H2,1H3. The maximum atomic E-state index is 8.26. The van der Waals surface area contributed by atoms with Gasteiger partial charge in [0.25, 0.3) is 0 Å². The quantitative estimate of drug-likeness (QED) is 0.404. The normalized spacial score (nSPS) is 12.6. The number of rotatable bonds is 3. The molecule has 0 aliphatic rings. The van der Waals surface area contributed by atoms with Gasteiger partial charge in [0.1, 0.15) is 6.04 Å². The number of nitrogens with zero attached hydrogens (tertiary/aromatic N) is 1. The Morgan fingerprint density at radius 1 is 1.88 bits per heavy atom. The van der Waals surface area contributed by atoms with Crippen LogP contribution in [0.15, 0.2) is 0 Å². The van der Waals surface area contributed by atoms with Crippen molar-refractivity contribution in [2.45, 2.75) is 25.8 Å². The van der Waals surface area contributed by atoms with E-state index in [2.05, 4.69) is 5.43 Å². The molecule has 3 N–H and O–H groups in total. The minimum absolute atomic E-state index is 0.167. The Morgan fingerprint density at radius 3 is 2.62 bits per heavy atom. The van der Waals surface area contributed by atoms with Crippen molar-refractivity contribution in [3.05, 3.63) is 0 Å². The van der Waals surface area contributed by atoms with Gasteiger partial charge in [0.05, 0.1) is 6.07 Å². The number of hydrogen-bond donors (Lipinski definition) is 2. The summed E-state index contributed by atoms with van der Waals surface area (Å²) in [5.41, 5.74) is 2.39. The van der Waals surface area contributed by atoms with E-state index in [9.17, 15) is 0 Å².